The molecule has 96 valence electrons. The zero-order valence-electron chi connectivity index (χ0n) is 11.3. The van der Waals surface area contributed by atoms with E-state index in [1.165, 1.54) is 5.56 Å². The van der Waals surface area contributed by atoms with Crippen molar-refractivity contribution in [3.8, 4) is 6.07 Å². The van der Waals surface area contributed by atoms with Crippen LogP contribution in [0.1, 0.15) is 16.8 Å². The van der Waals surface area contributed by atoms with Crippen molar-refractivity contribution >= 4 is 5.82 Å². The van der Waals surface area contributed by atoms with E-state index in [2.05, 4.69) is 23.2 Å². The molecule has 3 nitrogen and oxygen atoms in total. The van der Waals surface area contributed by atoms with Gasteiger partial charge in [0.25, 0.3) is 0 Å². The second-order valence-corrected chi connectivity index (χ2v) is 4.59. The molecule has 0 amide bonds. The topological polar surface area (TPSA) is 39.9 Å². The standard InChI is InChI=1S/C16H17N3/c1-13-8-9-15(12-17)16(18-13)19(2)11-10-14-6-4-3-5-7-14/h3-9H,10-11H2,1-2H3. The first-order valence-electron chi connectivity index (χ1n) is 6.33. The van der Waals surface area contributed by atoms with Crippen molar-refractivity contribution in [2.24, 2.45) is 0 Å². The summed E-state index contributed by atoms with van der Waals surface area (Å²) in [6.07, 6.45) is 0.942. The van der Waals surface area contributed by atoms with Crippen LogP contribution in [-0.2, 0) is 6.42 Å². The van der Waals surface area contributed by atoms with E-state index < -0.39 is 0 Å². The molecule has 0 atom stereocenters. The van der Waals surface area contributed by atoms with Gasteiger partial charge in [-0.2, -0.15) is 5.26 Å². The first-order valence-corrected chi connectivity index (χ1v) is 6.33. The Morgan fingerprint density at radius 3 is 2.58 bits per heavy atom. The van der Waals surface area contributed by atoms with Gasteiger partial charge in [-0.25, -0.2) is 4.98 Å². The fourth-order valence-corrected chi connectivity index (χ4v) is 1.97. The number of pyridine rings is 1. The molecule has 3 heteroatoms. The lowest BCUT2D eigenvalue weighted by atomic mass is 10.1. The molecule has 0 aliphatic carbocycles. The Labute approximate surface area is 114 Å². The fourth-order valence-electron chi connectivity index (χ4n) is 1.97. The maximum absolute atomic E-state index is 9.13. The molecule has 0 saturated carbocycles. The maximum Gasteiger partial charge on any atom is 0.146 e. The smallest absolute Gasteiger partial charge is 0.146 e. The van der Waals surface area contributed by atoms with E-state index in [-0.39, 0.29) is 0 Å². The molecule has 0 saturated heterocycles. The molecule has 0 fully saturated rings. The number of aryl methyl sites for hydroxylation is 1. The van der Waals surface area contributed by atoms with E-state index in [0.29, 0.717) is 5.56 Å². The summed E-state index contributed by atoms with van der Waals surface area (Å²) in [5.74, 6) is 0.762. The second-order valence-electron chi connectivity index (χ2n) is 4.59. The third kappa shape index (κ3) is 3.32. The van der Waals surface area contributed by atoms with Crippen LogP contribution in [0.25, 0.3) is 0 Å². The predicted octanol–water partition coefficient (Wildman–Crippen LogP) is 2.94. The van der Waals surface area contributed by atoms with Crippen molar-refractivity contribution in [1.82, 2.24) is 4.98 Å². The number of benzene rings is 1. The summed E-state index contributed by atoms with van der Waals surface area (Å²) >= 11 is 0. The number of nitrogens with zero attached hydrogens (tertiary/aromatic N) is 3. The van der Waals surface area contributed by atoms with Crippen molar-refractivity contribution in [3.63, 3.8) is 0 Å². The van der Waals surface area contributed by atoms with Gasteiger partial charge in [0.2, 0.25) is 0 Å². The molecule has 2 aromatic rings. The lowest BCUT2D eigenvalue weighted by Crippen LogP contribution is -2.22. The number of anilines is 1. The van der Waals surface area contributed by atoms with Crippen LogP contribution in [0.4, 0.5) is 5.82 Å². The van der Waals surface area contributed by atoms with Crippen molar-refractivity contribution < 1.29 is 0 Å². The average Bonchev–Trinajstić information content (AvgIpc) is 2.46. The van der Waals surface area contributed by atoms with E-state index in [1.54, 1.807) is 0 Å². The van der Waals surface area contributed by atoms with E-state index in [9.17, 15) is 0 Å². The van der Waals surface area contributed by atoms with E-state index in [0.717, 1.165) is 24.5 Å². The Morgan fingerprint density at radius 1 is 1.16 bits per heavy atom. The van der Waals surface area contributed by atoms with Crippen LogP contribution in [0.2, 0.25) is 0 Å². The highest BCUT2D eigenvalue weighted by Crippen LogP contribution is 2.16. The van der Waals surface area contributed by atoms with E-state index in [1.807, 2.05) is 49.2 Å². The van der Waals surface area contributed by atoms with Crippen molar-refractivity contribution in [1.29, 1.82) is 5.26 Å². The third-order valence-electron chi connectivity index (χ3n) is 3.08. The SMILES string of the molecule is Cc1ccc(C#N)c(N(C)CCc2ccccc2)n1. The molecule has 1 aromatic carbocycles. The van der Waals surface area contributed by atoms with Gasteiger partial charge >= 0.3 is 0 Å². The minimum atomic E-state index is 0.626. The number of hydrogen-bond donors (Lipinski definition) is 0. The molecule has 19 heavy (non-hydrogen) atoms. The zero-order chi connectivity index (χ0) is 13.7. The van der Waals surface area contributed by atoms with Gasteiger partial charge in [0.05, 0.1) is 5.56 Å². The van der Waals surface area contributed by atoms with Crippen LogP contribution in [0.3, 0.4) is 0 Å². The number of likely N-dealkylation sites (N-methyl/N-ethyl adjacent to an activating group) is 1. The van der Waals surface area contributed by atoms with Gasteiger partial charge in [-0.05, 0) is 31.0 Å². The number of rotatable bonds is 4. The Hall–Kier alpha value is -2.34. The Kier molecular flexibility index (Phi) is 4.15. The molecule has 0 unspecified atom stereocenters. The molecule has 0 radical (unpaired) electrons. The molecule has 2 rings (SSSR count). The van der Waals surface area contributed by atoms with Gasteiger partial charge < -0.3 is 4.90 Å². The summed E-state index contributed by atoms with van der Waals surface area (Å²) in [5, 5.41) is 9.13. The summed E-state index contributed by atoms with van der Waals surface area (Å²) in [7, 11) is 1.98. The molecule has 0 bridgehead atoms. The lowest BCUT2D eigenvalue weighted by molar-refractivity contribution is 0.854. The molecule has 0 aliphatic rings. The summed E-state index contributed by atoms with van der Waals surface area (Å²) < 4.78 is 0. The van der Waals surface area contributed by atoms with Crippen LogP contribution in [-0.4, -0.2) is 18.6 Å². The van der Waals surface area contributed by atoms with Crippen LogP contribution in [0.15, 0.2) is 42.5 Å². The molecule has 0 N–H and O–H groups in total. The molecule has 1 aromatic heterocycles. The van der Waals surface area contributed by atoms with Crippen molar-refractivity contribution in [2.45, 2.75) is 13.3 Å². The third-order valence-corrected chi connectivity index (χ3v) is 3.08. The van der Waals surface area contributed by atoms with Gasteiger partial charge in [-0.3, -0.25) is 0 Å². The monoisotopic (exact) mass is 251 g/mol. The number of nitriles is 1. The average molecular weight is 251 g/mol. The molecular weight excluding hydrogens is 234 g/mol. The summed E-state index contributed by atoms with van der Waals surface area (Å²) in [6, 6.07) is 16.2. The molecule has 1 heterocycles. The fraction of sp³-hybridized carbons (Fsp3) is 0.250. The zero-order valence-corrected chi connectivity index (χ0v) is 11.3. The lowest BCUT2D eigenvalue weighted by Gasteiger charge is -2.19. The quantitative estimate of drug-likeness (QED) is 0.838. The first-order chi connectivity index (χ1) is 9.20. The predicted molar refractivity (Wildman–Crippen MR) is 77.1 cm³/mol. The maximum atomic E-state index is 9.13. The Morgan fingerprint density at radius 2 is 1.89 bits per heavy atom. The first kappa shape index (κ1) is 13.1. The highest BCUT2D eigenvalue weighted by Gasteiger charge is 2.09. The minimum absolute atomic E-state index is 0.626. The molecular formula is C16H17N3. The number of hydrogen-bond acceptors (Lipinski definition) is 3. The van der Waals surface area contributed by atoms with E-state index >= 15 is 0 Å². The highest BCUT2D eigenvalue weighted by molar-refractivity contribution is 5.53. The second kappa shape index (κ2) is 6.01. The summed E-state index contributed by atoms with van der Waals surface area (Å²) in [4.78, 5) is 6.50. The van der Waals surface area contributed by atoms with Crippen LogP contribution >= 0.6 is 0 Å². The van der Waals surface area contributed by atoms with Crippen LogP contribution in [0, 0.1) is 18.3 Å². The Bertz CT molecular complexity index is 585. The van der Waals surface area contributed by atoms with Gasteiger partial charge in [0.15, 0.2) is 0 Å². The largest absolute Gasteiger partial charge is 0.358 e. The summed E-state index contributed by atoms with van der Waals surface area (Å²) in [6.45, 7) is 2.78. The van der Waals surface area contributed by atoms with Crippen LogP contribution < -0.4 is 4.90 Å². The molecule has 0 aliphatic heterocycles. The highest BCUT2D eigenvalue weighted by atomic mass is 15.2. The van der Waals surface area contributed by atoms with Gasteiger partial charge in [0.1, 0.15) is 11.9 Å². The van der Waals surface area contributed by atoms with Crippen molar-refractivity contribution in [3.05, 3.63) is 59.3 Å². The minimum Gasteiger partial charge on any atom is -0.358 e. The van der Waals surface area contributed by atoms with E-state index in [4.69, 9.17) is 5.26 Å². The normalized spacial score (nSPS) is 9.95. The number of aromatic nitrogens is 1. The van der Waals surface area contributed by atoms with Crippen LogP contribution in [0.5, 0.6) is 0 Å². The van der Waals surface area contributed by atoms with Crippen molar-refractivity contribution in [2.75, 3.05) is 18.5 Å². The summed E-state index contributed by atoms with van der Waals surface area (Å²) in [5.41, 5.74) is 2.85. The van der Waals surface area contributed by atoms with Gasteiger partial charge in [-0.15, -0.1) is 0 Å². The Balaban J connectivity index is 2.10. The van der Waals surface area contributed by atoms with Gasteiger partial charge in [-0.1, -0.05) is 30.3 Å². The van der Waals surface area contributed by atoms with Gasteiger partial charge in [0, 0.05) is 19.3 Å². The molecule has 0 spiro atoms.